The molecule has 0 spiro atoms. The van der Waals surface area contributed by atoms with Gasteiger partial charge in [-0.2, -0.15) is 0 Å². The highest BCUT2D eigenvalue weighted by Crippen LogP contribution is 2.59. The van der Waals surface area contributed by atoms with Crippen LogP contribution >= 0.6 is 0 Å². The lowest BCUT2D eigenvalue weighted by Gasteiger charge is -2.26. The van der Waals surface area contributed by atoms with E-state index < -0.39 is 11.9 Å². The number of carboxylic acids is 2. The van der Waals surface area contributed by atoms with Crippen LogP contribution in [0, 0.1) is 19.8 Å². The van der Waals surface area contributed by atoms with Gasteiger partial charge >= 0.3 is 17.9 Å². The van der Waals surface area contributed by atoms with E-state index in [1.165, 1.54) is 41.5 Å². The normalized spacial score (nSPS) is 18.7. The molecule has 2 aromatic rings. The first-order valence-corrected chi connectivity index (χ1v) is 12.4. The van der Waals surface area contributed by atoms with Crippen molar-refractivity contribution in [3.63, 3.8) is 0 Å². The molecule has 192 valence electrons. The summed E-state index contributed by atoms with van der Waals surface area (Å²) in [5.74, 6) is -2.64. The molecule has 1 saturated carbocycles. The zero-order valence-electron chi connectivity index (χ0n) is 21.0. The van der Waals surface area contributed by atoms with E-state index in [-0.39, 0.29) is 17.3 Å². The number of piperidine rings is 1. The van der Waals surface area contributed by atoms with Crippen LogP contribution in [-0.4, -0.2) is 59.3 Å². The molecule has 2 fully saturated rings. The first-order chi connectivity index (χ1) is 17.2. The molecule has 0 amide bonds. The molecule has 7 heteroatoms. The van der Waals surface area contributed by atoms with Crippen LogP contribution in [0.1, 0.15) is 47.9 Å². The number of esters is 1. The average molecular weight is 494 g/mol. The standard InChI is InChI=1S/C25H31NO2.C4H4O4/c1-19-6-10-21(11-7-19)25(22-12-8-20(2)9-13-22)18-23(25)24(27)28-17-16-26-14-4-3-5-15-26;5-3(6)1-2-4(7)8/h6-13,23H,3-5,14-18H2,1-2H3;1-2H,(H,5,6)(H,7,8). The highest BCUT2D eigenvalue weighted by Gasteiger charge is 2.61. The van der Waals surface area contributed by atoms with Crippen molar-refractivity contribution >= 4 is 17.9 Å². The summed E-state index contributed by atoms with van der Waals surface area (Å²) in [5.41, 5.74) is 4.69. The van der Waals surface area contributed by atoms with Crippen LogP contribution in [0.25, 0.3) is 0 Å². The Kier molecular flexibility index (Phi) is 9.42. The third-order valence-electron chi connectivity index (χ3n) is 6.85. The van der Waals surface area contributed by atoms with Gasteiger partial charge in [0, 0.05) is 24.1 Å². The molecule has 4 rings (SSSR count). The second-order valence-corrected chi connectivity index (χ2v) is 9.54. The van der Waals surface area contributed by atoms with E-state index in [2.05, 4.69) is 67.3 Å². The lowest BCUT2D eigenvalue weighted by molar-refractivity contribution is -0.146. The Morgan fingerprint density at radius 2 is 1.33 bits per heavy atom. The predicted octanol–water partition coefficient (Wildman–Crippen LogP) is 4.35. The molecule has 1 aliphatic carbocycles. The summed E-state index contributed by atoms with van der Waals surface area (Å²) in [7, 11) is 0. The Hall–Kier alpha value is -3.45. The van der Waals surface area contributed by atoms with Crippen LogP contribution in [0.2, 0.25) is 0 Å². The summed E-state index contributed by atoms with van der Waals surface area (Å²) in [5, 5.41) is 15.6. The Morgan fingerprint density at radius 1 is 0.861 bits per heavy atom. The Bertz CT molecular complexity index is 1010. The quantitative estimate of drug-likeness (QED) is 0.416. The summed E-state index contributed by atoms with van der Waals surface area (Å²) in [6.45, 7) is 7.84. The van der Waals surface area contributed by atoms with Gasteiger partial charge < -0.3 is 14.9 Å². The molecule has 1 unspecified atom stereocenters. The first kappa shape index (κ1) is 27.1. The van der Waals surface area contributed by atoms with Crippen LogP contribution in [0.15, 0.2) is 60.7 Å². The number of carbonyl (C=O) groups excluding carboxylic acids is 1. The predicted molar refractivity (Wildman–Crippen MR) is 137 cm³/mol. The topological polar surface area (TPSA) is 104 Å². The minimum absolute atomic E-state index is 0.0434. The molecule has 1 atom stereocenters. The van der Waals surface area contributed by atoms with Gasteiger partial charge in [-0.15, -0.1) is 0 Å². The minimum atomic E-state index is -1.26. The molecule has 0 aromatic heterocycles. The molecule has 2 aromatic carbocycles. The molecular formula is C29H35NO6. The second kappa shape index (κ2) is 12.5. The van der Waals surface area contributed by atoms with Crippen molar-refractivity contribution in [1.82, 2.24) is 4.90 Å². The Balaban J connectivity index is 0.000000392. The largest absolute Gasteiger partial charge is 0.478 e. The third-order valence-corrected chi connectivity index (χ3v) is 6.85. The number of carboxylic acid groups (broad SMARTS) is 2. The zero-order valence-corrected chi connectivity index (χ0v) is 21.0. The number of rotatable bonds is 8. The fourth-order valence-electron chi connectivity index (χ4n) is 4.76. The number of benzene rings is 2. The number of likely N-dealkylation sites (tertiary alicyclic amines) is 1. The summed E-state index contributed by atoms with van der Waals surface area (Å²) >= 11 is 0. The maximum absolute atomic E-state index is 12.9. The fraction of sp³-hybridized carbons (Fsp3) is 0.414. The van der Waals surface area contributed by atoms with E-state index >= 15 is 0 Å². The van der Waals surface area contributed by atoms with Gasteiger partial charge in [0.15, 0.2) is 0 Å². The van der Waals surface area contributed by atoms with E-state index in [0.29, 0.717) is 18.8 Å². The molecule has 1 heterocycles. The second-order valence-electron chi connectivity index (χ2n) is 9.54. The number of hydrogen-bond acceptors (Lipinski definition) is 5. The first-order valence-electron chi connectivity index (χ1n) is 12.4. The summed E-state index contributed by atoms with van der Waals surface area (Å²) < 4.78 is 5.73. The van der Waals surface area contributed by atoms with Gasteiger partial charge in [-0.05, 0) is 57.3 Å². The minimum Gasteiger partial charge on any atom is -0.478 e. The van der Waals surface area contributed by atoms with Crippen LogP contribution in [-0.2, 0) is 24.5 Å². The van der Waals surface area contributed by atoms with Crippen molar-refractivity contribution in [1.29, 1.82) is 0 Å². The van der Waals surface area contributed by atoms with E-state index in [1.807, 2.05) is 0 Å². The Labute approximate surface area is 212 Å². The molecular weight excluding hydrogens is 458 g/mol. The van der Waals surface area contributed by atoms with Crippen LogP contribution in [0.4, 0.5) is 0 Å². The lowest BCUT2D eigenvalue weighted by atomic mass is 9.85. The average Bonchev–Trinajstić information content (AvgIpc) is 3.62. The van der Waals surface area contributed by atoms with Crippen molar-refractivity contribution in [3.8, 4) is 0 Å². The van der Waals surface area contributed by atoms with E-state index in [4.69, 9.17) is 14.9 Å². The van der Waals surface area contributed by atoms with Gasteiger partial charge in [-0.1, -0.05) is 66.1 Å². The van der Waals surface area contributed by atoms with Crippen molar-refractivity contribution in [2.45, 2.75) is 44.9 Å². The molecule has 1 saturated heterocycles. The number of aryl methyl sites for hydroxylation is 2. The highest BCUT2D eigenvalue weighted by atomic mass is 16.5. The summed E-state index contributed by atoms with van der Waals surface area (Å²) in [6, 6.07) is 17.3. The van der Waals surface area contributed by atoms with Crippen molar-refractivity contribution in [3.05, 3.63) is 82.9 Å². The molecule has 2 aliphatic rings. The summed E-state index contributed by atoms with van der Waals surface area (Å²) in [6.07, 6.45) is 5.81. The van der Waals surface area contributed by atoms with Crippen LogP contribution < -0.4 is 0 Å². The molecule has 0 bridgehead atoms. The lowest BCUT2D eigenvalue weighted by Crippen LogP contribution is -2.33. The number of ether oxygens (including phenoxy) is 1. The fourth-order valence-corrected chi connectivity index (χ4v) is 4.76. The van der Waals surface area contributed by atoms with Gasteiger partial charge in [0.05, 0.1) is 5.92 Å². The number of hydrogen-bond donors (Lipinski definition) is 2. The van der Waals surface area contributed by atoms with Crippen molar-refractivity contribution in [2.24, 2.45) is 5.92 Å². The number of aliphatic carboxylic acids is 2. The molecule has 2 N–H and O–H groups in total. The van der Waals surface area contributed by atoms with Gasteiger partial charge in [-0.3, -0.25) is 9.69 Å². The molecule has 7 nitrogen and oxygen atoms in total. The monoisotopic (exact) mass is 493 g/mol. The van der Waals surface area contributed by atoms with Gasteiger partial charge in [-0.25, -0.2) is 9.59 Å². The maximum Gasteiger partial charge on any atom is 0.328 e. The van der Waals surface area contributed by atoms with Gasteiger partial charge in [0.2, 0.25) is 0 Å². The van der Waals surface area contributed by atoms with Crippen LogP contribution in [0.5, 0.6) is 0 Å². The maximum atomic E-state index is 12.9. The molecule has 0 radical (unpaired) electrons. The van der Waals surface area contributed by atoms with Gasteiger partial charge in [0.1, 0.15) is 6.61 Å². The van der Waals surface area contributed by atoms with E-state index in [1.54, 1.807) is 0 Å². The highest BCUT2D eigenvalue weighted by molar-refractivity contribution is 5.89. The Morgan fingerprint density at radius 3 is 1.78 bits per heavy atom. The summed E-state index contributed by atoms with van der Waals surface area (Å²) in [4.78, 5) is 34.4. The zero-order chi connectivity index (χ0) is 26.1. The smallest absolute Gasteiger partial charge is 0.328 e. The van der Waals surface area contributed by atoms with Gasteiger partial charge in [0.25, 0.3) is 0 Å². The number of carbonyl (C=O) groups is 3. The third kappa shape index (κ3) is 7.28. The van der Waals surface area contributed by atoms with E-state index in [9.17, 15) is 14.4 Å². The molecule has 36 heavy (non-hydrogen) atoms. The van der Waals surface area contributed by atoms with Crippen molar-refractivity contribution in [2.75, 3.05) is 26.2 Å². The van der Waals surface area contributed by atoms with E-state index in [0.717, 1.165) is 26.1 Å². The van der Waals surface area contributed by atoms with Crippen LogP contribution in [0.3, 0.4) is 0 Å². The number of nitrogens with zero attached hydrogens (tertiary/aromatic N) is 1. The molecule has 1 aliphatic heterocycles. The van der Waals surface area contributed by atoms with Crippen molar-refractivity contribution < 1.29 is 29.3 Å². The SMILES string of the molecule is Cc1ccc(C2(c3ccc(C)cc3)CC2C(=O)OCCN2CCCCC2)cc1.O=C(O)C=CC(=O)O.